The van der Waals surface area contributed by atoms with Crippen molar-refractivity contribution in [3.05, 3.63) is 0 Å². The lowest BCUT2D eigenvalue weighted by Gasteiger charge is -2.35. The standard InChI is InChI=1S/C10H22N2O2S/c1-12(2)9-5-4-8-15(13,14)10(9)6-3-7-11/h9-10H,3-8,11H2,1-2H3. The Morgan fingerprint density at radius 2 is 2.07 bits per heavy atom. The highest BCUT2D eigenvalue weighted by atomic mass is 32.2. The summed E-state index contributed by atoms with van der Waals surface area (Å²) < 4.78 is 23.9. The maximum Gasteiger partial charge on any atom is 0.154 e. The third-order valence-corrected chi connectivity index (χ3v) is 5.51. The first-order chi connectivity index (χ1) is 6.99. The molecule has 0 amide bonds. The van der Waals surface area contributed by atoms with Gasteiger partial charge in [-0.15, -0.1) is 0 Å². The van der Waals surface area contributed by atoms with Gasteiger partial charge >= 0.3 is 0 Å². The first kappa shape index (κ1) is 12.9. The van der Waals surface area contributed by atoms with Crippen molar-refractivity contribution in [1.29, 1.82) is 0 Å². The Balaban J connectivity index is 2.78. The monoisotopic (exact) mass is 234 g/mol. The van der Waals surface area contributed by atoms with Crippen molar-refractivity contribution in [3.63, 3.8) is 0 Å². The molecule has 1 fully saturated rings. The maximum atomic E-state index is 11.9. The Hall–Kier alpha value is -0.130. The van der Waals surface area contributed by atoms with Crippen molar-refractivity contribution < 1.29 is 8.42 Å². The molecule has 5 heteroatoms. The van der Waals surface area contributed by atoms with Gasteiger partial charge in [0.05, 0.1) is 11.0 Å². The van der Waals surface area contributed by atoms with Crippen LogP contribution in [0.25, 0.3) is 0 Å². The minimum Gasteiger partial charge on any atom is -0.330 e. The van der Waals surface area contributed by atoms with E-state index in [1.807, 2.05) is 19.0 Å². The Bertz CT molecular complexity index is 288. The van der Waals surface area contributed by atoms with Crippen LogP contribution >= 0.6 is 0 Å². The van der Waals surface area contributed by atoms with Crippen LogP contribution in [0.4, 0.5) is 0 Å². The average Bonchev–Trinajstić information content (AvgIpc) is 2.14. The molecule has 2 atom stereocenters. The first-order valence-electron chi connectivity index (χ1n) is 5.57. The van der Waals surface area contributed by atoms with Crippen LogP contribution in [0, 0.1) is 0 Å². The fourth-order valence-electron chi connectivity index (χ4n) is 2.35. The lowest BCUT2D eigenvalue weighted by molar-refractivity contribution is 0.251. The third kappa shape index (κ3) is 3.16. The van der Waals surface area contributed by atoms with Gasteiger partial charge in [-0.2, -0.15) is 0 Å². The lowest BCUT2D eigenvalue weighted by Crippen LogP contribution is -2.47. The van der Waals surface area contributed by atoms with E-state index in [1.54, 1.807) is 0 Å². The summed E-state index contributed by atoms with van der Waals surface area (Å²) in [5.41, 5.74) is 5.45. The van der Waals surface area contributed by atoms with Crippen molar-refractivity contribution in [2.45, 2.75) is 37.0 Å². The highest BCUT2D eigenvalue weighted by Crippen LogP contribution is 2.26. The van der Waals surface area contributed by atoms with E-state index in [0.29, 0.717) is 18.7 Å². The summed E-state index contributed by atoms with van der Waals surface area (Å²) >= 11 is 0. The van der Waals surface area contributed by atoms with E-state index in [2.05, 4.69) is 0 Å². The molecule has 0 spiro atoms. The number of nitrogens with zero attached hydrogens (tertiary/aromatic N) is 1. The zero-order valence-corrected chi connectivity index (χ0v) is 10.5. The van der Waals surface area contributed by atoms with E-state index in [0.717, 1.165) is 19.3 Å². The summed E-state index contributed by atoms with van der Waals surface area (Å²) in [6.45, 7) is 0.576. The molecule has 1 aliphatic heterocycles. The molecule has 0 aliphatic carbocycles. The smallest absolute Gasteiger partial charge is 0.154 e. The highest BCUT2D eigenvalue weighted by molar-refractivity contribution is 7.92. The fourth-order valence-corrected chi connectivity index (χ4v) is 4.61. The molecule has 90 valence electrons. The van der Waals surface area contributed by atoms with E-state index >= 15 is 0 Å². The quantitative estimate of drug-likeness (QED) is 0.756. The first-order valence-corrected chi connectivity index (χ1v) is 7.28. The van der Waals surface area contributed by atoms with Crippen molar-refractivity contribution in [2.75, 3.05) is 26.4 Å². The van der Waals surface area contributed by atoms with Crippen molar-refractivity contribution in [1.82, 2.24) is 4.90 Å². The van der Waals surface area contributed by atoms with Crippen LogP contribution in [-0.2, 0) is 9.84 Å². The molecular weight excluding hydrogens is 212 g/mol. The van der Waals surface area contributed by atoms with Crippen LogP contribution in [0.2, 0.25) is 0 Å². The predicted octanol–water partition coefficient (Wildman–Crippen LogP) is 0.233. The molecule has 0 saturated carbocycles. The fraction of sp³-hybridized carbons (Fsp3) is 1.00. The van der Waals surface area contributed by atoms with E-state index in [1.165, 1.54) is 0 Å². The van der Waals surface area contributed by atoms with Gasteiger partial charge in [-0.1, -0.05) is 0 Å². The van der Waals surface area contributed by atoms with Crippen LogP contribution in [-0.4, -0.2) is 51.0 Å². The van der Waals surface area contributed by atoms with Gasteiger partial charge in [-0.05, 0) is 46.3 Å². The Labute approximate surface area is 92.7 Å². The van der Waals surface area contributed by atoms with Gasteiger partial charge in [-0.25, -0.2) is 8.42 Å². The maximum absolute atomic E-state index is 11.9. The number of sulfone groups is 1. The minimum atomic E-state index is -2.89. The van der Waals surface area contributed by atoms with Gasteiger partial charge in [0, 0.05) is 6.04 Å². The minimum absolute atomic E-state index is 0.176. The van der Waals surface area contributed by atoms with E-state index in [-0.39, 0.29) is 11.3 Å². The second-order valence-electron chi connectivity index (χ2n) is 4.51. The van der Waals surface area contributed by atoms with Gasteiger partial charge in [-0.3, -0.25) is 0 Å². The summed E-state index contributed by atoms with van der Waals surface area (Å²) in [5, 5.41) is -0.204. The molecule has 4 nitrogen and oxygen atoms in total. The third-order valence-electron chi connectivity index (χ3n) is 3.18. The summed E-state index contributed by atoms with van der Waals surface area (Å²) in [6, 6.07) is 0.176. The van der Waals surface area contributed by atoms with Gasteiger partial charge in [0.25, 0.3) is 0 Å². The normalized spacial score (nSPS) is 30.7. The van der Waals surface area contributed by atoms with Crippen LogP contribution in [0.1, 0.15) is 25.7 Å². The van der Waals surface area contributed by atoms with Gasteiger partial charge in [0.2, 0.25) is 0 Å². The predicted molar refractivity (Wildman–Crippen MR) is 62.6 cm³/mol. The molecule has 0 aromatic rings. The molecule has 15 heavy (non-hydrogen) atoms. The summed E-state index contributed by atoms with van der Waals surface area (Å²) in [4.78, 5) is 2.04. The summed E-state index contributed by atoms with van der Waals surface area (Å²) in [5.74, 6) is 0.354. The molecule has 1 heterocycles. The number of hydrogen-bond donors (Lipinski definition) is 1. The number of hydrogen-bond acceptors (Lipinski definition) is 4. The van der Waals surface area contributed by atoms with Gasteiger partial charge < -0.3 is 10.6 Å². The Morgan fingerprint density at radius 1 is 1.40 bits per heavy atom. The SMILES string of the molecule is CN(C)C1CCCS(=O)(=O)C1CCCN. The van der Waals surface area contributed by atoms with Gasteiger partial charge in [0.15, 0.2) is 9.84 Å². The Kier molecular flexibility index (Phi) is 4.55. The molecule has 0 aromatic carbocycles. The van der Waals surface area contributed by atoms with Crippen molar-refractivity contribution in [3.8, 4) is 0 Å². The molecule has 1 rings (SSSR count). The van der Waals surface area contributed by atoms with Crippen LogP contribution in [0.15, 0.2) is 0 Å². The van der Waals surface area contributed by atoms with Crippen LogP contribution in [0.3, 0.4) is 0 Å². The van der Waals surface area contributed by atoms with Crippen LogP contribution < -0.4 is 5.73 Å². The van der Waals surface area contributed by atoms with E-state index < -0.39 is 9.84 Å². The second kappa shape index (κ2) is 5.27. The zero-order valence-electron chi connectivity index (χ0n) is 9.65. The average molecular weight is 234 g/mol. The molecule has 0 bridgehead atoms. The molecule has 2 N–H and O–H groups in total. The van der Waals surface area contributed by atoms with Crippen molar-refractivity contribution in [2.24, 2.45) is 5.73 Å². The molecule has 1 aliphatic rings. The number of nitrogens with two attached hydrogens (primary N) is 1. The van der Waals surface area contributed by atoms with Gasteiger partial charge in [0.1, 0.15) is 0 Å². The largest absolute Gasteiger partial charge is 0.330 e. The highest BCUT2D eigenvalue weighted by Gasteiger charge is 2.37. The second-order valence-corrected chi connectivity index (χ2v) is 6.85. The van der Waals surface area contributed by atoms with Crippen molar-refractivity contribution >= 4 is 9.84 Å². The molecule has 2 unspecified atom stereocenters. The zero-order chi connectivity index (χ0) is 11.5. The lowest BCUT2D eigenvalue weighted by atomic mass is 10.0. The van der Waals surface area contributed by atoms with E-state index in [4.69, 9.17) is 5.73 Å². The summed E-state index contributed by atoms with van der Waals surface area (Å²) in [7, 11) is 1.03. The number of rotatable bonds is 4. The molecular formula is C10H22N2O2S. The Morgan fingerprint density at radius 3 is 2.60 bits per heavy atom. The van der Waals surface area contributed by atoms with E-state index in [9.17, 15) is 8.42 Å². The topological polar surface area (TPSA) is 63.4 Å². The molecule has 0 aromatic heterocycles. The molecule has 1 saturated heterocycles. The summed E-state index contributed by atoms with van der Waals surface area (Å²) in [6.07, 6.45) is 3.29. The van der Waals surface area contributed by atoms with Crippen LogP contribution in [0.5, 0.6) is 0 Å². The molecule has 0 radical (unpaired) electrons.